The van der Waals surface area contributed by atoms with Gasteiger partial charge in [-0.2, -0.15) is 0 Å². The van der Waals surface area contributed by atoms with E-state index in [0.717, 1.165) is 27.7 Å². The minimum Gasteiger partial charge on any atom is -0.493 e. The first-order chi connectivity index (χ1) is 29.6. The second-order valence-corrected chi connectivity index (χ2v) is 17.7. The second kappa shape index (κ2) is 22.2. The van der Waals surface area contributed by atoms with Crippen molar-refractivity contribution >= 4 is 69.2 Å². The van der Waals surface area contributed by atoms with Crippen LogP contribution in [0.25, 0.3) is 0 Å². The maximum atomic E-state index is 14.8. The number of nitrogens with one attached hydrogen (secondary N) is 1. The van der Waals surface area contributed by atoms with Crippen molar-refractivity contribution < 1.29 is 52.4 Å². The van der Waals surface area contributed by atoms with Crippen molar-refractivity contribution in [2.45, 2.75) is 24.9 Å². The van der Waals surface area contributed by atoms with Gasteiger partial charge in [0.15, 0.2) is 18.1 Å². The molecule has 1 aliphatic rings. The number of carbonyl (C=O) groups excluding carboxylic acids is 5. The van der Waals surface area contributed by atoms with Gasteiger partial charge in [0, 0.05) is 13.4 Å². The molecule has 318 valence electrons. The molecular formula is C46H47N2O11PS. The molecular weight excluding hydrogens is 820 g/mol. The normalized spacial score (nSPS) is 14.9. The summed E-state index contributed by atoms with van der Waals surface area (Å²) < 4.78 is 32.9. The molecule has 61 heavy (non-hydrogen) atoms. The topological polar surface area (TPSA) is 156 Å². The standard InChI is InChI=1S/C46H47N2O11PS/c1-6-26-55-44(51)42(60(34-18-12-9-13-19-34,35-20-14-10-15-21-35)36-22-16-11-17-23-36)48-41(50)40(32(4)59-46(53)57-28-8-3)43(48)61-39(49)31-58-37-25-24-33(29-38(37)54-5)30-47-45(52)56-27-7-2/h6-25,29,32,40,43H,1-3,26-28,30-31H2,4-5H3,(H,47,52)/t32-,40+,43-/m1/s1. The van der Waals surface area contributed by atoms with Crippen LogP contribution in [-0.2, 0) is 39.9 Å². The van der Waals surface area contributed by atoms with E-state index < -0.39 is 60.1 Å². The van der Waals surface area contributed by atoms with Gasteiger partial charge in [0.05, 0.1) is 7.11 Å². The Morgan fingerprint density at radius 2 is 1.31 bits per heavy atom. The molecule has 4 aromatic carbocycles. The number of esters is 1. The number of amides is 2. The number of hydrogen-bond acceptors (Lipinski definition) is 12. The molecule has 3 atom stereocenters. The van der Waals surface area contributed by atoms with Gasteiger partial charge in [0.1, 0.15) is 42.6 Å². The van der Waals surface area contributed by atoms with Crippen molar-refractivity contribution in [1.82, 2.24) is 10.2 Å². The Labute approximate surface area is 359 Å². The van der Waals surface area contributed by atoms with Crippen LogP contribution in [0.3, 0.4) is 0 Å². The third-order valence-electron chi connectivity index (χ3n) is 9.28. The summed E-state index contributed by atoms with van der Waals surface area (Å²) in [6.07, 6.45) is 1.49. The number of hydrogen-bond donors (Lipinski definition) is 1. The van der Waals surface area contributed by atoms with E-state index in [4.69, 9.17) is 28.4 Å². The van der Waals surface area contributed by atoms with Crippen LogP contribution in [0.2, 0.25) is 0 Å². The van der Waals surface area contributed by atoms with Crippen LogP contribution in [0.1, 0.15) is 12.5 Å². The quantitative estimate of drug-likeness (QED) is 0.0358. The Morgan fingerprint density at radius 1 is 0.770 bits per heavy atom. The van der Waals surface area contributed by atoms with Gasteiger partial charge in [-0.25, -0.2) is 14.4 Å². The first-order valence-electron chi connectivity index (χ1n) is 19.1. The molecule has 15 heteroatoms. The van der Waals surface area contributed by atoms with E-state index in [1.807, 2.05) is 91.0 Å². The fourth-order valence-electron chi connectivity index (χ4n) is 6.63. The minimum absolute atomic E-state index is 0.0195. The third-order valence-corrected chi connectivity index (χ3v) is 14.7. The molecule has 5 rings (SSSR count). The Bertz CT molecular complexity index is 2170. The first-order valence-corrected chi connectivity index (χ1v) is 21.8. The van der Waals surface area contributed by atoms with Crippen LogP contribution in [0.5, 0.6) is 11.5 Å². The van der Waals surface area contributed by atoms with E-state index in [1.165, 1.54) is 37.2 Å². The molecule has 2 amide bonds. The summed E-state index contributed by atoms with van der Waals surface area (Å²) in [5, 5.41) is 3.23. The summed E-state index contributed by atoms with van der Waals surface area (Å²) in [6.45, 7) is 8.39. The third kappa shape index (κ3) is 10.8. The highest BCUT2D eigenvalue weighted by Crippen LogP contribution is 2.51. The molecule has 1 N–H and O–H groups in total. The van der Waals surface area contributed by atoms with Gasteiger partial charge in [-0.3, -0.25) is 14.5 Å². The smallest absolute Gasteiger partial charge is 0.493 e. The average molecular weight is 867 g/mol. The van der Waals surface area contributed by atoms with Crippen LogP contribution in [0, 0.1) is 5.92 Å². The molecule has 0 spiro atoms. The van der Waals surface area contributed by atoms with Gasteiger partial charge >= 0.3 is 18.2 Å². The van der Waals surface area contributed by atoms with Crippen molar-refractivity contribution in [2.24, 2.45) is 5.92 Å². The van der Waals surface area contributed by atoms with E-state index in [2.05, 4.69) is 25.1 Å². The van der Waals surface area contributed by atoms with Crippen molar-refractivity contribution in [2.75, 3.05) is 33.5 Å². The lowest BCUT2D eigenvalue weighted by Crippen LogP contribution is -2.67. The Morgan fingerprint density at radius 3 is 1.85 bits per heavy atom. The van der Waals surface area contributed by atoms with Crippen LogP contribution in [0.4, 0.5) is 9.59 Å². The molecule has 0 saturated carbocycles. The van der Waals surface area contributed by atoms with Gasteiger partial charge < -0.3 is 33.7 Å². The number of ether oxygens (including phenoxy) is 6. The largest absolute Gasteiger partial charge is 0.508 e. The Balaban J connectivity index is 1.61. The number of likely N-dealkylation sites (tertiary alicyclic amines) is 1. The highest BCUT2D eigenvalue weighted by atomic mass is 32.2. The highest BCUT2D eigenvalue weighted by molar-refractivity contribution is 8.14. The summed E-state index contributed by atoms with van der Waals surface area (Å²) in [4.78, 5) is 69.7. The molecule has 1 heterocycles. The van der Waals surface area contributed by atoms with Crippen LogP contribution in [0.15, 0.2) is 147 Å². The zero-order valence-corrected chi connectivity index (χ0v) is 35.5. The fourth-order valence-corrected chi connectivity index (χ4v) is 12.3. The number of carbonyl (C=O) groups is 5. The molecule has 0 bridgehead atoms. The summed E-state index contributed by atoms with van der Waals surface area (Å²) >= 11 is 0.757. The van der Waals surface area contributed by atoms with E-state index >= 15 is 0 Å². The Hall–Kier alpha value is -6.50. The van der Waals surface area contributed by atoms with Gasteiger partial charge in [-0.05, 0) is 40.5 Å². The van der Waals surface area contributed by atoms with E-state index in [0.29, 0.717) is 11.3 Å². The predicted molar refractivity (Wildman–Crippen MR) is 237 cm³/mol. The summed E-state index contributed by atoms with van der Waals surface area (Å²) in [6, 6.07) is 33.1. The number of β-lactam (4-membered cyclic amide) rings is 1. The number of rotatable bonds is 20. The second-order valence-electron chi connectivity index (χ2n) is 13.2. The van der Waals surface area contributed by atoms with Crippen LogP contribution in [-0.4, -0.2) is 84.6 Å². The lowest BCUT2D eigenvalue weighted by atomic mass is 9.92. The van der Waals surface area contributed by atoms with Gasteiger partial charge in [-0.15, -0.1) is 0 Å². The molecule has 0 radical (unpaired) electrons. The zero-order chi connectivity index (χ0) is 43.8. The summed E-state index contributed by atoms with van der Waals surface area (Å²) in [5.74, 6) is -1.96. The van der Waals surface area contributed by atoms with E-state index in [1.54, 1.807) is 18.2 Å². The molecule has 1 fully saturated rings. The van der Waals surface area contributed by atoms with Gasteiger partial charge in [0.2, 0.25) is 11.0 Å². The van der Waals surface area contributed by atoms with Crippen LogP contribution >= 0.6 is 18.6 Å². The number of alkyl carbamates (subject to hydrolysis) is 1. The molecule has 1 saturated heterocycles. The molecule has 0 aliphatic carbocycles. The van der Waals surface area contributed by atoms with Crippen molar-refractivity contribution in [3.8, 4) is 11.5 Å². The highest BCUT2D eigenvalue weighted by Gasteiger charge is 2.57. The molecule has 0 unspecified atom stereocenters. The zero-order valence-electron chi connectivity index (χ0n) is 33.8. The van der Waals surface area contributed by atoms with Crippen molar-refractivity contribution in [3.63, 3.8) is 0 Å². The number of thioether (sulfide) groups is 1. The number of benzene rings is 4. The Kier molecular flexibility index (Phi) is 16.6. The summed E-state index contributed by atoms with van der Waals surface area (Å²) in [7, 11) is 1.43. The molecule has 13 nitrogen and oxygen atoms in total. The van der Waals surface area contributed by atoms with Crippen LogP contribution < -0.4 is 30.7 Å². The summed E-state index contributed by atoms with van der Waals surface area (Å²) in [5.41, 5.74) is 0.687. The fraction of sp³-hybridized carbons (Fsp3) is 0.217. The number of methoxy groups -OCH3 is 1. The molecule has 0 aromatic heterocycles. The lowest BCUT2D eigenvalue weighted by molar-refractivity contribution is -0.152. The SMILES string of the molecule is C=CCOC(=O)NCc1ccc(OCC(=O)S[C@@H]2[C@@H]([C@@H](C)OC(=O)OCC=C)C(=O)N2C(C(=O)OCC=C)=P(c2ccccc2)(c2ccccc2)c2ccccc2)c(OC)c1. The van der Waals surface area contributed by atoms with Crippen molar-refractivity contribution in [3.05, 3.63) is 153 Å². The first kappa shape index (κ1) is 45.6. The van der Waals surface area contributed by atoms with Gasteiger partial charge in [0.25, 0.3) is 0 Å². The predicted octanol–water partition coefficient (Wildman–Crippen LogP) is 6.11. The monoisotopic (exact) mass is 866 g/mol. The maximum Gasteiger partial charge on any atom is 0.508 e. The maximum absolute atomic E-state index is 14.8. The van der Waals surface area contributed by atoms with E-state index in [-0.39, 0.29) is 37.5 Å². The van der Waals surface area contributed by atoms with E-state index in [9.17, 15) is 24.0 Å². The van der Waals surface area contributed by atoms with Crippen molar-refractivity contribution in [1.29, 1.82) is 0 Å². The number of nitrogens with zero attached hydrogens (tertiary/aromatic N) is 1. The minimum atomic E-state index is -3.34. The molecule has 4 aromatic rings. The molecule has 1 aliphatic heterocycles. The average Bonchev–Trinajstić information content (AvgIpc) is 3.28. The van der Waals surface area contributed by atoms with Gasteiger partial charge in [-0.1, -0.05) is 147 Å². The lowest BCUT2D eigenvalue weighted by Gasteiger charge is -2.50.